The highest BCUT2D eigenvalue weighted by Gasteiger charge is 2.06. The maximum absolute atomic E-state index is 7.60. The topological polar surface area (TPSA) is 48.8 Å². The van der Waals surface area contributed by atoms with Gasteiger partial charge in [-0.25, -0.2) is 4.98 Å². The summed E-state index contributed by atoms with van der Waals surface area (Å²) >= 11 is 0. The molecule has 0 saturated heterocycles. The predicted molar refractivity (Wildman–Crippen MR) is 60.1 cm³/mol. The van der Waals surface area contributed by atoms with Crippen molar-refractivity contribution < 1.29 is 0 Å². The Balaban J connectivity index is 2.90. The highest BCUT2D eigenvalue weighted by molar-refractivity contribution is 6.00. The van der Waals surface area contributed by atoms with Gasteiger partial charge in [0.25, 0.3) is 0 Å². The first-order chi connectivity index (χ1) is 6.65. The Morgan fingerprint density at radius 2 is 2.36 bits per heavy atom. The molecule has 1 rings (SSSR count). The zero-order chi connectivity index (χ0) is 10.6. The van der Waals surface area contributed by atoms with Crippen LogP contribution in [0.15, 0.2) is 18.3 Å². The summed E-state index contributed by atoms with van der Waals surface area (Å²) in [4.78, 5) is 4.24. The molecule has 76 valence electrons. The standard InChI is InChI=1S/C11H17N3/c1-4-8(2)14-11-10(9(3)12)6-5-7-13-11/h5-8,12H,4H2,1-3H3,(H,13,14). The SMILES string of the molecule is CCC(C)Nc1ncccc1C(C)=N. The molecule has 0 bridgehead atoms. The van der Waals surface area contributed by atoms with Crippen LogP contribution >= 0.6 is 0 Å². The summed E-state index contributed by atoms with van der Waals surface area (Å²) in [5.41, 5.74) is 1.43. The zero-order valence-corrected chi connectivity index (χ0v) is 8.96. The number of aromatic nitrogens is 1. The van der Waals surface area contributed by atoms with E-state index in [9.17, 15) is 0 Å². The molecule has 1 atom stereocenters. The minimum Gasteiger partial charge on any atom is -0.367 e. The lowest BCUT2D eigenvalue weighted by Crippen LogP contribution is -2.16. The smallest absolute Gasteiger partial charge is 0.135 e. The summed E-state index contributed by atoms with van der Waals surface area (Å²) in [6.45, 7) is 6.01. The van der Waals surface area contributed by atoms with Crippen molar-refractivity contribution in [2.75, 3.05) is 5.32 Å². The van der Waals surface area contributed by atoms with Crippen molar-refractivity contribution in [1.29, 1.82) is 5.41 Å². The molecule has 0 aliphatic carbocycles. The molecule has 0 aromatic carbocycles. The number of nitrogens with one attached hydrogen (secondary N) is 2. The van der Waals surface area contributed by atoms with E-state index in [-0.39, 0.29) is 0 Å². The minimum atomic E-state index is 0.392. The average Bonchev–Trinajstić information content (AvgIpc) is 2.18. The summed E-state index contributed by atoms with van der Waals surface area (Å²) in [6.07, 6.45) is 2.80. The van der Waals surface area contributed by atoms with E-state index in [2.05, 4.69) is 24.1 Å². The molecule has 2 N–H and O–H groups in total. The molecular formula is C11H17N3. The molecule has 0 aliphatic rings. The van der Waals surface area contributed by atoms with E-state index in [0.717, 1.165) is 17.8 Å². The molecule has 1 heterocycles. The summed E-state index contributed by atoms with van der Waals surface area (Å²) < 4.78 is 0. The highest BCUT2D eigenvalue weighted by Crippen LogP contribution is 2.13. The van der Waals surface area contributed by atoms with Gasteiger partial charge < -0.3 is 10.7 Å². The second kappa shape index (κ2) is 4.74. The van der Waals surface area contributed by atoms with Crippen LogP contribution < -0.4 is 5.32 Å². The molecule has 0 radical (unpaired) electrons. The van der Waals surface area contributed by atoms with E-state index in [4.69, 9.17) is 5.41 Å². The van der Waals surface area contributed by atoms with Gasteiger partial charge in [0.2, 0.25) is 0 Å². The van der Waals surface area contributed by atoms with E-state index in [1.165, 1.54) is 0 Å². The van der Waals surface area contributed by atoms with Crippen LogP contribution in [0.25, 0.3) is 0 Å². The molecule has 0 saturated carbocycles. The van der Waals surface area contributed by atoms with Crippen molar-refractivity contribution in [1.82, 2.24) is 4.98 Å². The third kappa shape index (κ3) is 2.55. The van der Waals surface area contributed by atoms with Crippen LogP contribution in [-0.4, -0.2) is 16.7 Å². The summed E-state index contributed by atoms with van der Waals surface area (Å²) in [5, 5.41) is 10.9. The highest BCUT2D eigenvalue weighted by atomic mass is 15.0. The van der Waals surface area contributed by atoms with Gasteiger partial charge >= 0.3 is 0 Å². The van der Waals surface area contributed by atoms with Crippen LogP contribution in [0.2, 0.25) is 0 Å². The average molecular weight is 191 g/mol. The van der Waals surface area contributed by atoms with Crippen LogP contribution in [-0.2, 0) is 0 Å². The fraction of sp³-hybridized carbons (Fsp3) is 0.455. The Kier molecular flexibility index (Phi) is 3.63. The van der Waals surface area contributed by atoms with Crippen molar-refractivity contribution in [2.24, 2.45) is 0 Å². The minimum absolute atomic E-state index is 0.392. The molecule has 14 heavy (non-hydrogen) atoms. The Morgan fingerprint density at radius 1 is 1.64 bits per heavy atom. The van der Waals surface area contributed by atoms with E-state index < -0.39 is 0 Å². The van der Waals surface area contributed by atoms with Crippen LogP contribution in [0.3, 0.4) is 0 Å². The predicted octanol–water partition coefficient (Wildman–Crippen LogP) is 2.68. The fourth-order valence-corrected chi connectivity index (χ4v) is 1.16. The maximum Gasteiger partial charge on any atom is 0.135 e. The molecule has 3 nitrogen and oxygen atoms in total. The first-order valence-electron chi connectivity index (χ1n) is 4.92. The van der Waals surface area contributed by atoms with Gasteiger partial charge in [-0.1, -0.05) is 6.92 Å². The van der Waals surface area contributed by atoms with Crippen molar-refractivity contribution in [3.8, 4) is 0 Å². The first-order valence-corrected chi connectivity index (χ1v) is 4.92. The zero-order valence-electron chi connectivity index (χ0n) is 8.96. The monoisotopic (exact) mass is 191 g/mol. The van der Waals surface area contributed by atoms with Crippen LogP contribution in [0.5, 0.6) is 0 Å². The van der Waals surface area contributed by atoms with Crippen LogP contribution in [0, 0.1) is 5.41 Å². The lowest BCUT2D eigenvalue weighted by atomic mass is 10.1. The Hall–Kier alpha value is -1.38. The summed E-state index contributed by atoms with van der Waals surface area (Å²) in [7, 11) is 0. The van der Waals surface area contributed by atoms with Crippen LogP contribution in [0.1, 0.15) is 32.8 Å². The van der Waals surface area contributed by atoms with E-state index in [1.807, 2.05) is 12.1 Å². The van der Waals surface area contributed by atoms with Crippen molar-refractivity contribution in [3.05, 3.63) is 23.9 Å². The van der Waals surface area contributed by atoms with Crippen molar-refractivity contribution >= 4 is 11.5 Å². The van der Waals surface area contributed by atoms with Gasteiger partial charge in [0.05, 0.1) is 0 Å². The third-order valence-electron chi connectivity index (χ3n) is 2.21. The summed E-state index contributed by atoms with van der Waals surface area (Å²) in [6, 6.07) is 4.16. The lowest BCUT2D eigenvalue weighted by Gasteiger charge is -2.14. The lowest BCUT2D eigenvalue weighted by molar-refractivity contribution is 0.759. The molecular weight excluding hydrogens is 174 g/mol. The molecule has 1 unspecified atom stereocenters. The second-order valence-electron chi connectivity index (χ2n) is 3.48. The van der Waals surface area contributed by atoms with Gasteiger partial charge in [-0.05, 0) is 32.4 Å². The number of pyridine rings is 1. The molecule has 1 aromatic rings. The molecule has 0 fully saturated rings. The molecule has 3 heteroatoms. The quantitative estimate of drug-likeness (QED) is 0.719. The van der Waals surface area contributed by atoms with Crippen LogP contribution in [0.4, 0.5) is 5.82 Å². The van der Waals surface area contributed by atoms with Gasteiger partial charge in [-0.2, -0.15) is 0 Å². The normalized spacial score (nSPS) is 12.2. The first kappa shape index (κ1) is 10.7. The number of nitrogens with zero attached hydrogens (tertiary/aromatic N) is 1. The van der Waals surface area contributed by atoms with Gasteiger partial charge in [-0.3, -0.25) is 0 Å². The molecule has 0 amide bonds. The van der Waals surface area contributed by atoms with E-state index in [0.29, 0.717) is 11.8 Å². The van der Waals surface area contributed by atoms with Gasteiger partial charge in [0.15, 0.2) is 0 Å². The number of anilines is 1. The van der Waals surface area contributed by atoms with Crippen molar-refractivity contribution in [2.45, 2.75) is 33.2 Å². The molecule has 1 aromatic heterocycles. The number of hydrogen-bond acceptors (Lipinski definition) is 3. The Bertz CT molecular complexity index is 320. The van der Waals surface area contributed by atoms with Gasteiger partial charge in [0, 0.05) is 23.5 Å². The third-order valence-corrected chi connectivity index (χ3v) is 2.21. The fourth-order valence-electron chi connectivity index (χ4n) is 1.16. The van der Waals surface area contributed by atoms with E-state index in [1.54, 1.807) is 13.1 Å². The molecule has 0 spiro atoms. The largest absolute Gasteiger partial charge is 0.367 e. The maximum atomic E-state index is 7.60. The Morgan fingerprint density at radius 3 is 2.93 bits per heavy atom. The second-order valence-corrected chi connectivity index (χ2v) is 3.48. The number of rotatable bonds is 4. The van der Waals surface area contributed by atoms with Gasteiger partial charge in [-0.15, -0.1) is 0 Å². The van der Waals surface area contributed by atoms with Crippen molar-refractivity contribution in [3.63, 3.8) is 0 Å². The van der Waals surface area contributed by atoms with E-state index >= 15 is 0 Å². The summed E-state index contributed by atoms with van der Waals surface area (Å²) in [5.74, 6) is 0.814. The van der Waals surface area contributed by atoms with Gasteiger partial charge in [0.1, 0.15) is 5.82 Å². The Labute approximate surface area is 85.1 Å². The number of hydrogen-bond donors (Lipinski definition) is 2. The molecule has 0 aliphatic heterocycles.